The van der Waals surface area contributed by atoms with Gasteiger partial charge >= 0.3 is 0 Å². The maximum atomic E-state index is 12.5. The normalized spacial score (nSPS) is 21.8. The first kappa shape index (κ1) is 14.4. The zero-order valence-electron chi connectivity index (χ0n) is 12.0. The lowest BCUT2D eigenvalue weighted by molar-refractivity contribution is -0.142. The Bertz CT molecular complexity index is 514. The van der Waals surface area contributed by atoms with Crippen molar-refractivity contribution in [3.63, 3.8) is 0 Å². The van der Waals surface area contributed by atoms with Crippen molar-refractivity contribution in [1.82, 2.24) is 9.80 Å². The van der Waals surface area contributed by atoms with Crippen LogP contribution in [0.2, 0.25) is 0 Å². The van der Waals surface area contributed by atoms with Gasteiger partial charge in [0.15, 0.2) is 0 Å². The summed E-state index contributed by atoms with van der Waals surface area (Å²) < 4.78 is 0. The standard InChI is InChI=1S/C16H20N2O2S/c19-15(10-13-6-2-1-3-7-13)18-12-21-11-14(18)16(20)17-8-4-5-9-17/h1-3,6-7,14H,4-5,8-12H2. The minimum Gasteiger partial charge on any atom is -0.341 e. The average Bonchev–Trinajstić information content (AvgIpc) is 3.19. The Hall–Kier alpha value is -1.49. The highest BCUT2D eigenvalue weighted by molar-refractivity contribution is 7.99. The molecule has 2 aliphatic rings. The third-order valence-corrected chi connectivity index (χ3v) is 5.12. The highest BCUT2D eigenvalue weighted by Crippen LogP contribution is 2.24. The molecule has 1 aromatic rings. The van der Waals surface area contributed by atoms with Gasteiger partial charge in [0.2, 0.25) is 11.8 Å². The molecule has 0 aliphatic carbocycles. The molecular formula is C16H20N2O2S. The van der Waals surface area contributed by atoms with Crippen LogP contribution in [0.15, 0.2) is 30.3 Å². The first-order valence-corrected chi connectivity index (χ1v) is 8.61. The minimum atomic E-state index is -0.260. The van der Waals surface area contributed by atoms with Gasteiger partial charge in [-0.25, -0.2) is 0 Å². The van der Waals surface area contributed by atoms with E-state index in [-0.39, 0.29) is 17.9 Å². The van der Waals surface area contributed by atoms with E-state index >= 15 is 0 Å². The molecule has 2 heterocycles. The molecule has 2 saturated heterocycles. The van der Waals surface area contributed by atoms with Crippen LogP contribution >= 0.6 is 11.8 Å². The molecule has 0 bridgehead atoms. The van der Waals surface area contributed by atoms with Crippen LogP contribution in [-0.4, -0.2) is 52.4 Å². The smallest absolute Gasteiger partial charge is 0.246 e. The number of nitrogens with zero attached hydrogens (tertiary/aromatic N) is 2. The van der Waals surface area contributed by atoms with Crippen LogP contribution in [0.25, 0.3) is 0 Å². The Morgan fingerprint density at radius 3 is 2.57 bits per heavy atom. The monoisotopic (exact) mass is 304 g/mol. The molecule has 2 aliphatic heterocycles. The molecule has 21 heavy (non-hydrogen) atoms. The number of hydrogen-bond donors (Lipinski definition) is 0. The molecule has 0 N–H and O–H groups in total. The van der Waals surface area contributed by atoms with Crippen molar-refractivity contribution in [2.45, 2.75) is 25.3 Å². The summed E-state index contributed by atoms with van der Waals surface area (Å²) in [6.07, 6.45) is 2.55. The zero-order valence-corrected chi connectivity index (χ0v) is 12.8. The highest BCUT2D eigenvalue weighted by Gasteiger charge is 2.37. The zero-order chi connectivity index (χ0) is 14.7. The third-order valence-electron chi connectivity index (χ3n) is 4.10. The second-order valence-corrected chi connectivity index (χ2v) is 6.57. The van der Waals surface area contributed by atoms with E-state index in [0.29, 0.717) is 12.3 Å². The quantitative estimate of drug-likeness (QED) is 0.854. The molecule has 1 aromatic carbocycles. The van der Waals surface area contributed by atoms with Gasteiger partial charge in [-0.05, 0) is 18.4 Å². The second kappa shape index (κ2) is 6.52. The summed E-state index contributed by atoms with van der Waals surface area (Å²) >= 11 is 1.67. The lowest BCUT2D eigenvalue weighted by atomic mass is 10.1. The van der Waals surface area contributed by atoms with Gasteiger partial charge in [0.05, 0.1) is 12.3 Å². The molecule has 0 aromatic heterocycles. The minimum absolute atomic E-state index is 0.0590. The SMILES string of the molecule is O=C(C1CSCN1C(=O)Cc1ccccc1)N1CCCC1. The van der Waals surface area contributed by atoms with Gasteiger partial charge in [0, 0.05) is 18.8 Å². The van der Waals surface area contributed by atoms with Crippen molar-refractivity contribution in [3.8, 4) is 0 Å². The fraction of sp³-hybridized carbons (Fsp3) is 0.500. The first-order chi connectivity index (χ1) is 10.3. The van der Waals surface area contributed by atoms with Gasteiger partial charge in [0.1, 0.15) is 6.04 Å². The number of hydrogen-bond acceptors (Lipinski definition) is 3. The molecule has 2 fully saturated rings. The first-order valence-electron chi connectivity index (χ1n) is 7.45. The maximum Gasteiger partial charge on any atom is 0.246 e. The Morgan fingerprint density at radius 1 is 1.14 bits per heavy atom. The number of benzene rings is 1. The van der Waals surface area contributed by atoms with Crippen LogP contribution in [-0.2, 0) is 16.0 Å². The number of carbonyl (C=O) groups excluding carboxylic acids is 2. The average molecular weight is 304 g/mol. The number of carbonyl (C=O) groups is 2. The summed E-state index contributed by atoms with van der Waals surface area (Å²) in [6, 6.07) is 9.47. The Labute approximate surface area is 129 Å². The molecular weight excluding hydrogens is 284 g/mol. The van der Waals surface area contributed by atoms with Gasteiger partial charge in [-0.1, -0.05) is 30.3 Å². The molecule has 2 amide bonds. The van der Waals surface area contributed by atoms with E-state index in [0.717, 1.165) is 37.2 Å². The van der Waals surface area contributed by atoms with E-state index < -0.39 is 0 Å². The Kier molecular flexibility index (Phi) is 4.48. The molecule has 112 valence electrons. The lowest BCUT2D eigenvalue weighted by Crippen LogP contribution is -2.48. The van der Waals surface area contributed by atoms with Crippen molar-refractivity contribution < 1.29 is 9.59 Å². The molecule has 1 atom stereocenters. The third kappa shape index (κ3) is 3.23. The van der Waals surface area contributed by atoms with E-state index in [1.54, 1.807) is 16.7 Å². The molecule has 0 radical (unpaired) electrons. The number of rotatable bonds is 3. The Morgan fingerprint density at radius 2 is 1.86 bits per heavy atom. The van der Waals surface area contributed by atoms with Gasteiger partial charge in [-0.15, -0.1) is 11.8 Å². The van der Waals surface area contributed by atoms with Crippen molar-refractivity contribution >= 4 is 23.6 Å². The molecule has 1 unspecified atom stereocenters. The summed E-state index contributed by atoms with van der Waals surface area (Å²) in [6.45, 7) is 1.70. The van der Waals surface area contributed by atoms with Gasteiger partial charge < -0.3 is 9.80 Å². The van der Waals surface area contributed by atoms with Crippen LogP contribution in [0, 0.1) is 0 Å². The van der Waals surface area contributed by atoms with Gasteiger partial charge in [-0.3, -0.25) is 9.59 Å². The lowest BCUT2D eigenvalue weighted by Gasteiger charge is -2.27. The van der Waals surface area contributed by atoms with Crippen molar-refractivity contribution in [2.24, 2.45) is 0 Å². The van der Waals surface area contributed by atoms with Crippen LogP contribution in [0.3, 0.4) is 0 Å². The van der Waals surface area contributed by atoms with E-state index in [1.165, 1.54) is 0 Å². The van der Waals surface area contributed by atoms with Gasteiger partial charge in [0.25, 0.3) is 0 Å². The van der Waals surface area contributed by atoms with E-state index in [1.807, 2.05) is 35.2 Å². The summed E-state index contributed by atoms with van der Waals surface area (Å²) in [5.41, 5.74) is 1.01. The molecule has 0 saturated carbocycles. The predicted octanol–water partition coefficient (Wildman–Crippen LogP) is 1.75. The molecule has 3 rings (SSSR count). The summed E-state index contributed by atoms with van der Waals surface area (Å²) in [5.74, 6) is 1.56. The van der Waals surface area contributed by atoms with Crippen LogP contribution < -0.4 is 0 Å². The largest absolute Gasteiger partial charge is 0.341 e. The van der Waals surface area contributed by atoms with E-state index in [2.05, 4.69) is 0 Å². The number of likely N-dealkylation sites (tertiary alicyclic amines) is 1. The molecule has 5 heteroatoms. The van der Waals surface area contributed by atoms with Crippen LogP contribution in [0.1, 0.15) is 18.4 Å². The topological polar surface area (TPSA) is 40.6 Å². The van der Waals surface area contributed by atoms with Crippen LogP contribution in [0.4, 0.5) is 0 Å². The summed E-state index contributed by atoms with van der Waals surface area (Å²) in [4.78, 5) is 28.7. The summed E-state index contributed by atoms with van der Waals surface area (Å²) in [7, 11) is 0. The predicted molar refractivity (Wildman–Crippen MR) is 83.9 cm³/mol. The fourth-order valence-corrected chi connectivity index (χ4v) is 4.09. The van der Waals surface area contributed by atoms with E-state index in [4.69, 9.17) is 0 Å². The van der Waals surface area contributed by atoms with Crippen molar-refractivity contribution in [2.75, 3.05) is 24.7 Å². The van der Waals surface area contributed by atoms with Gasteiger partial charge in [-0.2, -0.15) is 0 Å². The van der Waals surface area contributed by atoms with Crippen LogP contribution in [0.5, 0.6) is 0 Å². The highest BCUT2D eigenvalue weighted by atomic mass is 32.2. The summed E-state index contributed by atoms with van der Waals surface area (Å²) in [5, 5.41) is 0. The maximum absolute atomic E-state index is 12.5. The second-order valence-electron chi connectivity index (χ2n) is 5.57. The van der Waals surface area contributed by atoms with E-state index in [9.17, 15) is 9.59 Å². The number of amides is 2. The van der Waals surface area contributed by atoms with Crippen molar-refractivity contribution in [3.05, 3.63) is 35.9 Å². The fourth-order valence-electron chi connectivity index (χ4n) is 2.91. The molecule has 0 spiro atoms. The Balaban J connectivity index is 1.65. The number of thioether (sulfide) groups is 1. The van der Waals surface area contributed by atoms with Crippen molar-refractivity contribution in [1.29, 1.82) is 0 Å². The molecule has 4 nitrogen and oxygen atoms in total.